The Morgan fingerprint density at radius 2 is 2.07 bits per heavy atom. The molecule has 0 aliphatic heterocycles. The van der Waals surface area contributed by atoms with E-state index in [0.29, 0.717) is 0 Å². The maximum atomic E-state index is 8.76. The molecule has 2 nitrogen and oxygen atoms in total. The van der Waals surface area contributed by atoms with E-state index in [1.807, 2.05) is 0 Å². The summed E-state index contributed by atoms with van der Waals surface area (Å²) in [5, 5.41) is 11.8. The molecule has 0 aromatic heterocycles. The molecule has 0 aliphatic rings. The maximum Gasteiger partial charge on any atom is 0.0938 e. The summed E-state index contributed by atoms with van der Waals surface area (Å²) >= 11 is 0. The molecule has 2 heteroatoms. The van der Waals surface area contributed by atoms with Gasteiger partial charge in [0.05, 0.1) is 6.73 Å². The van der Waals surface area contributed by atoms with Crippen LogP contribution in [0.3, 0.4) is 0 Å². The zero-order chi connectivity index (χ0) is 11.7. The van der Waals surface area contributed by atoms with E-state index in [-0.39, 0.29) is 12.3 Å². The van der Waals surface area contributed by atoms with Gasteiger partial charge in [0.2, 0.25) is 0 Å². The zero-order valence-corrected chi connectivity index (χ0v) is 10.7. The van der Waals surface area contributed by atoms with E-state index in [2.05, 4.69) is 45.2 Å². The highest BCUT2D eigenvalue weighted by atomic mass is 16.3. The summed E-state index contributed by atoms with van der Waals surface area (Å²) in [6.45, 7) is 8.71. The SMILES string of the molecule is CCC(C)CCC/C=C/C(C)(C)NCO. The van der Waals surface area contributed by atoms with E-state index in [1.165, 1.54) is 19.3 Å². The van der Waals surface area contributed by atoms with Crippen LogP contribution in [0.4, 0.5) is 0 Å². The second-order valence-electron chi connectivity index (χ2n) is 4.90. The quantitative estimate of drug-likeness (QED) is 0.369. The molecule has 0 radical (unpaired) electrons. The van der Waals surface area contributed by atoms with Crippen LogP contribution in [0.2, 0.25) is 0 Å². The molecular weight excluding hydrogens is 186 g/mol. The van der Waals surface area contributed by atoms with Gasteiger partial charge in [-0.25, -0.2) is 0 Å². The van der Waals surface area contributed by atoms with Crippen molar-refractivity contribution in [2.24, 2.45) is 5.92 Å². The van der Waals surface area contributed by atoms with Crippen molar-refractivity contribution in [1.82, 2.24) is 5.32 Å². The van der Waals surface area contributed by atoms with E-state index in [4.69, 9.17) is 5.11 Å². The molecule has 0 fully saturated rings. The summed E-state index contributed by atoms with van der Waals surface area (Å²) < 4.78 is 0. The van der Waals surface area contributed by atoms with Crippen LogP contribution >= 0.6 is 0 Å². The van der Waals surface area contributed by atoms with E-state index < -0.39 is 0 Å². The minimum atomic E-state index is -0.0921. The first kappa shape index (κ1) is 14.7. The third-order valence-electron chi connectivity index (χ3n) is 2.83. The summed E-state index contributed by atoms with van der Waals surface area (Å²) in [5.41, 5.74) is -0.0921. The van der Waals surface area contributed by atoms with Crippen molar-refractivity contribution < 1.29 is 5.11 Å². The normalized spacial score (nSPS) is 14.7. The third kappa shape index (κ3) is 8.64. The van der Waals surface area contributed by atoms with Gasteiger partial charge in [0, 0.05) is 5.54 Å². The molecule has 0 aromatic carbocycles. The lowest BCUT2D eigenvalue weighted by molar-refractivity contribution is 0.228. The number of aliphatic hydroxyl groups is 1. The molecule has 0 spiro atoms. The van der Waals surface area contributed by atoms with Gasteiger partial charge in [-0.3, -0.25) is 5.32 Å². The Labute approximate surface area is 94.8 Å². The van der Waals surface area contributed by atoms with Gasteiger partial charge < -0.3 is 5.11 Å². The Kier molecular flexibility index (Phi) is 7.71. The van der Waals surface area contributed by atoms with E-state index in [1.54, 1.807) is 0 Å². The topological polar surface area (TPSA) is 32.3 Å². The van der Waals surface area contributed by atoms with Crippen LogP contribution in [0.15, 0.2) is 12.2 Å². The Hall–Kier alpha value is -0.340. The van der Waals surface area contributed by atoms with Crippen LogP contribution in [0, 0.1) is 5.92 Å². The lowest BCUT2D eigenvalue weighted by atomic mass is 10.00. The molecule has 0 saturated heterocycles. The van der Waals surface area contributed by atoms with Gasteiger partial charge in [-0.05, 0) is 32.6 Å². The van der Waals surface area contributed by atoms with Gasteiger partial charge in [-0.1, -0.05) is 38.8 Å². The van der Waals surface area contributed by atoms with Gasteiger partial charge >= 0.3 is 0 Å². The van der Waals surface area contributed by atoms with E-state index in [9.17, 15) is 0 Å². The van der Waals surface area contributed by atoms with Crippen LogP contribution in [-0.2, 0) is 0 Å². The van der Waals surface area contributed by atoms with E-state index >= 15 is 0 Å². The first-order valence-electron chi connectivity index (χ1n) is 6.05. The second-order valence-corrected chi connectivity index (χ2v) is 4.90. The fourth-order valence-electron chi connectivity index (χ4n) is 1.43. The number of nitrogens with one attached hydrogen (secondary N) is 1. The molecular formula is C13H27NO. The number of hydrogen-bond donors (Lipinski definition) is 2. The molecule has 0 aromatic rings. The minimum Gasteiger partial charge on any atom is -0.381 e. The predicted molar refractivity (Wildman–Crippen MR) is 66.7 cm³/mol. The highest BCUT2D eigenvalue weighted by molar-refractivity contribution is 5.00. The van der Waals surface area contributed by atoms with Crippen molar-refractivity contribution >= 4 is 0 Å². The molecule has 0 rings (SSSR count). The van der Waals surface area contributed by atoms with Gasteiger partial charge in [0.1, 0.15) is 0 Å². The second kappa shape index (κ2) is 7.89. The first-order valence-corrected chi connectivity index (χ1v) is 6.05. The molecule has 1 unspecified atom stereocenters. The van der Waals surface area contributed by atoms with Gasteiger partial charge in [-0.2, -0.15) is 0 Å². The van der Waals surface area contributed by atoms with Crippen molar-refractivity contribution in [3.63, 3.8) is 0 Å². The molecule has 0 amide bonds. The molecule has 1 atom stereocenters. The lowest BCUT2D eigenvalue weighted by Crippen LogP contribution is -2.37. The first-order chi connectivity index (χ1) is 7.02. The summed E-state index contributed by atoms with van der Waals surface area (Å²) in [4.78, 5) is 0. The summed E-state index contributed by atoms with van der Waals surface area (Å²) in [6, 6.07) is 0. The van der Waals surface area contributed by atoms with Gasteiger partial charge in [0.15, 0.2) is 0 Å². The number of hydrogen-bond acceptors (Lipinski definition) is 2. The van der Waals surface area contributed by atoms with Crippen molar-refractivity contribution in [3.8, 4) is 0 Å². The van der Waals surface area contributed by atoms with Crippen LogP contribution in [-0.4, -0.2) is 17.4 Å². The smallest absolute Gasteiger partial charge is 0.0938 e. The molecule has 90 valence electrons. The third-order valence-corrected chi connectivity index (χ3v) is 2.83. The number of allylic oxidation sites excluding steroid dienone is 1. The lowest BCUT2D eigenvalue weighted by Gasteiger charge is -2.20. The van der Waals surface area contributed by atoms with Crippen LogP contribution in [0.1, 0.15) is 53.4 Å². The largest absolute Gasteiger partial charge is 0.381 e. The van der Waals surface area contributed by atoms with Crippen LogP contribution in [0.25, 0.3) is 0 Å². The predicted octanol–water partition coefficient (Wildman–Crippen LogP) is 3.08. The number of rotatable bonds is 8. The Morgan fingerprint density at radius 3 is 2.60 bits per heavy atom. The summed E-state index contributed by atoms with van der Waals surface area (Å²) in [6.07, 6.45) is 9.35. The maximum absolute atomic E-state index is 8.76. The van der Waals surface area contributed by atoms with Crippen LogP contribution < -0.4 is 5.32 Å². The monoisotopic (exact) mass is 213 g/mol. The Bertz CT molecular complexity index is 175. The van der Waals surface area contributed by atoms with Gasteiger partial charge in [0.25, 0.3) is 0 Å². The average molecular weight is 213 g/mol. The van der Waals surface area contributed by atoms with E-state index in [0.717, 1.165) is 12.3 Å². The standard InChI is InChI=1S/C13H27NO/c1-5-12(2)9-7-6-8-10-13(3,4)14-11-15/h8,10,12,14-15H,5-7,9,11H2,1-4H3/b10-8+. The summed E-state index contributed by atoms with van der Waals surface area (Å²) in [5.74, 6) is 0.849. The van der Waals surface area contributed by atoms with Crippen LogP contribution in [0.5, 0.6) is 0 Å². The molecule has 15 heavy (non-hydrogen) atoms. The fraction of sp³-hybridized carbons (Fsp3) is 0.846. The van der Waals surface area contributed by atoms with Crippen molar-refractivity contribution in [1.29, 1.82) is 0 Å². The van der Waals surface area contributed by atoms with Gasteiger partial charge in [-0.15, -0.1) is 0 Å². The number of aliphatic hydroxyl groups excluding tert-OH is 1. The molecule has 0 heterocycles. The molecule has 0 aliphatic carbocycles. The fourth-order valence-corrected chi connectivity index (χ4v) is 1.43. The van der Waals surface area contributed by atoms with Crippen molar-refractivity contribution in [3.05, 3.63) is 12.2 Å². The summed E-state index contributed by atoms with van der Waals surface area (Å²) in [7, 11) is 0. The average Bonchev–Trinajstić information content (AvgIpc) is 2.16. The minimum absolute atomic E-state index is 0.0320. The molecule has 2 N–H and O–H groups in total. The Balaban J connectivity index is 3.61. The number of unbranched alkanes of at least 4 members (excludes halogenated alkanes) is 1. The molecule has 0 saturated carbocycles. The Morgan fingerprint density at radius 1 is 1.40 bits per heavy atom. The van der Waals surface area contributed by atoms with Crippen molar-refractivity contribution in [2.45, 2.75) is 58.9 Å². The highest BCUT2D eigenvalue weighted by Gasteiger charge is 2.10. The highest BCUT2D eigenvalue weighted by Crippen LogP contribution is 2.12. The zero-order valence-electron chi connectivity index (χ0n) is 10.7. The van der Waals surface area contributed by atoms with Crippen molar-refractivity contribution in [2.75, 3.05) is 6.73 Å². The molecule has 0 bridgehead atoms.